The zero-order chi connectivity index (χ0) is 105. The highest BCUT2D eigenvalue weighted by Crippen LogP contribution is 2.25. The van der Waals surface area contributed by atoms with Gasteiger partial charge in [0.25, 0.3) is 0 Å². The summed E-state index contributed by atoms with van der Waals surface area (Å²) in [4.78, 5) is 0. The number of methoxy groups -OCH3 is 2. The molecule has 714 valence electrons. The smallest absolute Gasteiger partial charge is 0.169 e. The maximum atomic E-state index is 13.1. The van der Waals surface area contributed by atoms with E-state index in [9.17, 15) is 13.2 Å². The molecule has 0 amide bonds. The van der Waals surface area contributed by atoms with Gasteiger partial charge in [-0.2, -0.15) is 5.26 Å². The molecule has 0 aliphatic heterocycles. The molecule has 0 aliphatic carbocycles. The zero-order valence-corrected chi connectivity index (χ0v) is 78.7. The monoisotopic (exact) mass is 1850 g/mol. The number of aryl methyl sites for hydroxylation is 10. The van der Waals surface area contributed by atoms with E-state index in [4.69, 9.17) is 192 Å². The lowest BCUT2D eigenvalue weighted by atomic mass is 10.1. The number of nitrogens with two attached hydrogens (primary N) is 10. The molecule has 10 aromatic rings. The molecule has 33 nitrogen and oxygen atoms in total. The number of nitrogen functional groups attached to an aromatic ring is 10. The van der Waals surface area contributed by atoms with Crippen LogP contribution in [0.4, 0.5) is 70.0 Å². The molecule has 10 rings (SSSR count). The van der Waals surface area contributed by atoms with E-state index >= 15 is 0 Å². The first kappa shape index (κ1) is 136. The van der Waals surface area contributed by atoms with Crippen LogP contribution in [0.1, 0.15) is 77.9 Å². The van der Waals surface area contributed by atoms with Crippen LogP contribution in [0.5, 0.6) is 11.5 Å². The highest BCUT2D eigenvalue weighted by Gasteiger charge is 2.07. The molecule has 0 bridgehead atoms. The van der Waals surface area contributed by atoms with Gasteiger partial charge < -0.3 is 175 Å². The maximum absolute atomic E-state index is 13.1. The standard InChI is InChI=1S/C8H10FNO.C8H8N2.C8H11NO.3C8H11N.C7H8ClN.2C7H8FN.C7H9N.10C2H4N2/c1-5-6(10)3-4-7(11-2)8(5)9;1-6-4-7(5-9)2-3-8(6)10;1-6-5-7(10-2)3-4-8(6)9;1-6-3-4-8(9)7(2)5-6;1-6-3-4-7(2)8(9)5-6;1-6-4-3-5-8(9)7(6)2;2*1-5-4-6(8)2-3-7(5)9;1-5-6(8)3-2-4-7(5)9;1-6-4-2-3-5-7(6)8;10*3-1-2-4/h3-4H,10H2,1-2H3;2-4H,10H2,1H3;3-5H,9H2,1-2H3;3*3-5H,9H2,1-2H3;3*2-4H,9H2,1H3;2-5H,8H2,1H3;10*1-4H. The number of hydrogen-bond acceptors (Lipinski definition) is 33. The largest absolute Gasteiger partial charge is 0.497 e. The molecule has 0 unspecified atom stereocenters. The number of rotatable bonds is 12. The first-order chi connectivity index (χ1) is 62.8. The fourth-order valence-electron chi connectivity index (χ4n) is 7.20. The summed E-state index contributed by atoms with van der Waals surface area (Å²) in [5.41, 5.74) is 76.5. The molecule has 0 aliphatic rings. The van der Waals surface area contributed by atoms with Gasteiger partial charge in [0, 0.05) is 197 Å². The van der Waals surface area contributed by atoms with Crippen LogP contribution < -0.4 is 66.8 Å². The van der Waals surface area contributed by atoms with Gasteiger partial charge in [0.05, 0.1) is 25.9 Å². The molecule has 0 spiro atoms. The van der Waals surface area contributed by atoms with Gasteiger partial charge in [0.2, 0.25) is 0 Å². The second kappa shape index (κ2) is 93.9. The van der Waals surface area contributed by atoms with Crippen molar-refractivity contribution in [3.63, 3.8) is 0 Å². The van der Waals surface area contributed by atoms with Crippen LogP contribution in [0.25, 0.3) is 0 Å². The Morgan fingerprint density at radius 2 is 0.564 bits per heavy atom. The predicted molar refractivity (Wildman–Crippen MR) is 569 cm³/mol. The highest BCUT2D eigenvalue weighted by molar-refractivity contribution is 6.30. The number of ether oxygens (including phenoxy) is 2. The third-order valence-electron chi connectivity index (χ3n) is 14.8. The molecule has 0 heterocycles. The number of halogens is 4. The Kier molecular flexibility index (Phi) is 96.3. The molecular weight excluding hydrogens is 1710 g/mol. The van der Waals surface area contributed by atoms with Gasteiger partial charge in [-0.3, -0.25) is 0 Å². The molecule has 40 N–H and O–H groups in total. The fraction of sp³-hybridized carbons (Fsp3) is 0.156. The quantitative estimate of drug-likeness (QED) is 0.0400. The molecule has 0 saturated carbocycles. The number of nitrogens with zero attached hydrogens (tertiary/aromatic N) is 1. The second-order valence-electron chi connectivity index (χ2n) is 24.9. The zero-order valence-electron chi connectivity index (χ0n) is 77.9. The summed E-state index contributed by atoms with van der Waals surface area (Å²) in [5.74, 6) is 0.229. The summed E-state index contributed by atoms with van der Waals surface area (Å²) in [7, 11) is 3.07. The van der Waals surface area contributed by atoms with E-state index in [1.165, 1.54) is 53.6 Å². The van der Waals surface area contributed by atoms with E-state index in [1.54, 1.807) is 82.5 Å². The lowest BCUT2D eigenvalue weighted by Gasteiger charge is -2.05. The van der Waals surface area contributed by atoms with E-state index in [1.807, 2.05) is 146 Å². The van der Waals surface area contributed by atoms with Gasteiger partial charge in [-0.25, -0.2) is 13.2 Å². The first-order valence-electron chi connectivity index (χ1n) is 38.4. The van der Waals surface area contributed by atoms with E-state index in [2.05, 4.69) is 32.0 Å². The maximum Gasteiger partial charge on any atom is 0.169 e. The van der Waals surface area contributed by atoms with Crippen molar-refractivity contribution in [3.8, 4) is 17.6 Å². The summed E-state index contributed by atoms with van der Waals surface area (Å²) in [6.45, 7) is 25.0. The Morgan fingerprint density at radius 3 is 0.850 bits per heavy atom. The Hall–Kier alpha value is -17.2. The van der Waals surface area contributed by atoms with Crippen LogP contribution in [-0.4, -0.2) is 139 Å². The summed E-state index contributed by atoms with van der Waals surface area (Å²) in [6.07, 6.45) is 18.3. The summed E-state index contributed by atoms with van der Waals surface area (Å²) in [5, 5.41) is 131. The van der Waals surface area contributed by atoms with Crippen molar-refractivity contribution in [1.29, 1.82) is 113 Å². The molecular formula is C96H135ClF3N31O2. The Bertz CT molecular complexity index is 4590. The molecule has 0 radical (unpaired) electrons. The summed E-state index contributed by atoms with van der Waals surface area (Å²) in [6, 6.07) is 56.3. The van der Waals surface area contributed by atoms with Crippen LogP contribution in [-0.2, 0) is 0 Å². The van der Waals surface area contributed by atoms with E-state index in [0.29, 0.717) is 33.8 Å². The number of benzene rings is 10. The molecule has 10 aromatic carbocycles. The Balaban J connectivity index is -0.000000151. The lowest BCUT2D eigenvalue weighted by molar-refractivity contribution is 0.385. The number of anilines is 10. The molecule has 0 saturated heterocycles. The van der Waals surface area contributed by atoms with Gasteiger partial charge in [-0.05, 0) is 267 Å². The average Bonchev–Trinajstić information content (AvgIpc) is 0.849. The van der Waals surface area contributed by atoms with Crippen molar-refractivity contribution < 1.29 is 22.6 Å². The molecule has 0 atom stereocenters. The van der Waals surface area contributed by atoms with Crippen LogP contribution in [0.15, 0.2) is 182 Å². The van der Waals surface area contributed by atoms with Crippen molar-refractivity contribution in [2.45, 2.75) is 90.0 Å². The predicted octanol–water partition coefficient (Wildman–Crippen LogP) is 20.5. The fourth-order valence-corrected chi connectivity index (χ4v) is 7.43. The number of para-hydroxylation sites is 1. The van der Waals surface area contributed by atoms with Gasteiger partial charge in [-0.15, -0.1) is 0 Å². The van der Waals surface area contributed by atoms with Gasteiger partial charge in [0.15, 0.2) is 11.6 Å². The number of nitrogens with one attached hydrogen (secondary N) is 20. The topological polar surface area (TPSA) is 779 Å². The van der Waals surface area contributed by atoms with Gasteiger partial charge >= 0.3 is 0 Å². The number of nitriles is 1. The van der Waals surface area contributed by atoms with Crippen LogP contribution >= 0.6 is 11.6 Å². The number of hydrogen-bond donors (Lipinski definition) is 30. The molecule has 133 heavy (non-hydrogen) atoms. The molecule has 0 fully saturated rings. The van der Waals surface area contributed by atoms with Crippen molar-refractivity contribution >= 4 is 193 Å². The normalized spacial score (nSPS) is 8.11. The minimum atomic E-state index is -0.382. The SMILES string of the molecule is COc1ccc(N)c(C)c1.COc1ccc(N)c(C)c1F.Cc1c(N)cccc1F.Cc1cc(C#N)ccc1N.Cc1cc(Cl)ccc1N.Cc1cc(F)ccc1N.Cc1ccc(C)c(N)c1.Cc1ccc(N)c(C)c1.Cc1cccc(N)c1C.Cc1ccccc1N.N=CC=N.N=CC=N.N=CC=N.N=CC=N.N=CC=N.N=CC=N.N=CC=N.N=CC=N.N=CC=N.N=CC=N. The van der Waals surface area contributed by atoms with E-state index in [0.717, 1.165) is 214 Å². The Morgan fingerprint density at radius 1 is 0.263 bits per heavy atom. The van der Waals surface area contributed by atoms with Crippen molar-refractivity contribution in [2.24, 2.45) is 0 Å². The third kappa shape index (κ3) is 82.8. The van der Waals surface area contributed by atoms with Crippen molar-refractivity contribution in [1.82, 2.24) is 0 Å². The summed E-state index contributed by atoms with van der Waals surface area (Å²) < 4.78 is 47.6. The van der Waals surface area contributed by atoms with E-state index < -0.39 is 0 Å². The average molecular weight is 1850 g/mol. The summed E-state index contributed by atoms with van der Waals surface area (Å²) >= 11 is 5.66. The van der Waals surface area contributed by atoms with E-state index in [-0.39, 0.29) is 23.2 Å². The van der Waals surface area contributed by atoms with Gasteiger partial charge in [0.1, 0.15) is 17.4 Å². The third-order valence-corrected chi connectivity index (χ3v) is 15.0. The minimum absolute atomic E-state index is 0.233. The van der Waals surface area contributed by atoms with Crippen molar-refractivity contribution in [2.75, 3.05) is 71.6 Å². The van der Waals surface area contributed by atoms with Crippen LogP contribution in [0.3, 0.4) is 0 Å². The molecule has 37 heteroatoms. The highest BCUT2D eigenvalue weighted by atomic mass is 35.5. The van der Waals surface area contributed by atoms with Crippen molar-refractivity contribution in [3.05, 3.63) is 282 Å². The van der Waals surface area contributed by atoms with Crippen LogP contribution in [0.2, 0.25) is 5.02 Å². The first-order valence-corrected chi connectivity index (χ1v) is 38.7. The lowest BCUT2D eigenvalue weighted by Crippen LogP contribution is -1.95. The Labute approximate surface area is 786 Å². The minimum Gasteiger partial charge on any atom is -0.497 e. The second-order valence-corrected chi connectivity index (χ2v) is 25.3. The van der Waals surface area contributed by atoms with Gasteiger partial charge in [-0.1, -0.05) is 77.8 Å². The molecule has 0 aromatic heterocycles. The van der Waals surface area contributed by atoms with Crippen LogP contribution in [0, 0.1) is 227 Å².